The van der Waals surface area contributed by atoms with Crippen LogP contribution in [0, 0.1) is 0 Å². The topological polar surface area (TPSA) is 43.4 Å². The maximum Gasteiger partial charge on any atom is 0.341 e. The van der Waals surface area contributed by atoms with E-state index in [0.29, 0.717) is 6.42 Å². The SMILES string of the molecule is CCCCC(=O)/C(=C\c1ccc(Br)cc1)C(=O)OC. The van der Waals surface area contributed by atoms with Gasteiger partial charge in [0.1, 0.15) is 5.57 Å². The Labute approximate surface area is 121 Å². The summed E-state index contributed by atoms with van der Waals surface area (Å²) in [5, 5.41) is 0. The minimum Gasteiger partial charge on any atom is -0.465 e. The first-order valence-corrected chi connectivity index (χ1v) is 6.96. The Hall–Kier alpha value is -1.42. The molecule has 0 aliphatic rings. The highest BCUT2D eigenvalue weighted by Gasteiger charge is 2.18. The number of ether oxygens (including phenoxy) is 1. The lowest BCUT2D eigenvalue weighted by Gasteiger charge is -2.04. The van der Waals surface area contributed by atoms with Crippen LogP contribution in [0.5, 0.6) is 0 Å². The lowest BCUT2D eigenvalue weighted by molar-refractivity contribution is -0.137. The smallest absolute Gasteiger partial charge is 0.341 e. The molecule has 0 bridgehead atoms. The maximum absolute atomic E-state index is 12.0. The van der Waals surface area contributed by atoms with Gasteiger partial charge < -0.3 is 4.74 Å². The van der Waals surface area contributed by atoms with Crippen LogP contribution in [0.2, 0.25) is 0 Å². The van der Waals surface area contributed by atoms with Crippen molar-refractivity contribution in [1.29, 1.82) is 0 Å². The van der Waals surface area contributed by atoms with Crippen molar-refractivity contribution in [3.63, 3.8) is 0 Å². The second kappa shape index (κ2) is 7.89. The normalized spacial score (nSPS) is 11.2. The summed E-state index contributed by atoms with van der Waals surface area (Å²) in [7, 11) is 1.28. The van der Waals surface area contributed by atoms with Crippen LogP contribution in [-0.4, -0.2) is 18.9 Å². The molecule has 4 heteroatoms. The molecule has 0 radical (unpaired) electrons. The monoisotopic (exact) mass is 324 g/mol. The molecule has 1 rings (SSSR count). The van der Waals surface area contributed by atoms with Crippen molar-refractivity contribution in [3.8, 4) is 0 Å². The molecule has 0 atom stereocenters. The number of ketones is 1. The minimum absolute atomic E-state index is 0.110. The Morgan fingerprint density at radius 1 is 1.26 bits per heavy atom. The van der Waals surface area contributed by atoms with E-state index in [-0.39, 0.29) is 11.4 Å². The van der Waals surface area contributed by atoms with Gasteiger partial charge in [-0.15, -0.1) is 0 Å². The predicted octanol–water partition coefficient (Wildman–Crippen LogP) is 3.76. The summed E-state index contributed by atoms with van der Waals surface area (Å²) in [6.07, 6.45) is 3.64. The molecule has 0 N–H and O–H groups in total. The van der Waals surface area contributed by atoms with Gasteiger partial charge in [-0.2, -0.15) is 0 Å². The first kappa shape index (κ1) is 15.6. The van der Waals surface area contributed by atoms with E-state index in [1.165, 1.54) is 7.11 Å². The number of methoxy groups -OCH3 is 1. The maximum atomic E-state index is 12.0. The van der Waals surface area contributed by atoms with Crippen LogP contribution in [-0.2, 0) is 14.3 Å². The fraction of sp³-hybridized carbons (Fsp3) is 0.333. The predicted molar refractivity (Wildman–Crippen MR) is 78.7 cm³/mol. The number of halogens is 1. The molecule has 1 aromatic rings. The van der Waals surface area contributed by atoms with E-state index < -0.39 is 5.97 Å². The van der Waals surface area contributed by atoms with Gasteiger partial charge in [-0.3, -0.25) is 4.79 Å². The summed E-state index contributed by atoms with van der Waals surface area (Å²) in [6.45, 7) is 2.00. The van der Waals surface area contributed by atoms with Crippen LogP contribution < -0.4 is 0 Å². The van der Waals surface area contributed by atoms with Crippen molar-refractivity contribution < 1.29 is 14.3 Å². The molecule has 0 unspecified atom stereocenters. The molecular formula is C15H17BrO3. The number of rotatable bonds is 6. The van der Waals surface area contributed by atoms with E-state index in [4.69, 9.17) is 0 Å². The molecule has 3 nitrogen and oxygen atoms in total. The Kier molecular flexibility index (Phi) is 6.50. The quantitative estimate of drug-likeness (QED) is 0.346. The molecule has 0 fully saturated rings. The summed E-state index contributed by atoms with van der Waals surface area (Å²) in [5.41, 5.74) is 0.909. The molecule has 1 aromatic carbocycles. The van der Waals surface area contributed by atoms with Crippen LogP contribution in [0.3, 0.4) is 0 Å². The van der Waals surface area contributed by atoms with Gasteiger partial charge in [-0.25, -0.2) is 4.79 Å². The summed E-state index contributed by atoms with van der Waals surface area (Å²) in [5.74, 6) is -0.749. The third-order valence-corrected chi connectivity index (χ3v) is 3.17. The van der Waals surface area contributed by atoms with Crippen molar-refractivity contribution in [1.82, 2.24) is 0 Å². The Morgan fingerprint density at radius 3 is 2.42 bits per heavy atom. The van der Waals surface area contributed by atoms with E-state index >= 15 is 0 Å². The van der Waals surface area contributed by atoms with Crippen LogP contribution in [0.1, 0.15) is 31.7 Å². The fourth-order valence-electron chi connectivity index (χ4n) is 1.56. The van der Waals surface area contributed by atoms with Gasteiger partial charge >= 0.3 is 5.97 Å². The average molecular weight is 325 g/mol. The molecule has 0 aliphatic carbocycles. The highest BCUT2D eigenvalue weighted by molar-refractivity contribution is 9.10. The number of unbranched alkanes of at least 4 members (excludes halogenated alkanes) is 1. The van der Waals surface area contributed by atoms with Crippen LogP contribution in [0.4, 0.5) is 0 Å². The largest absolute Gasteiger partial charge is 0.465 e. The second-order valence-corrected chi connectivity index (χ2v) is 5.04. The minimum atomic E-state index is -0.580. The van der Waals surface area contributed by atoms with E-state index in [9.17, 15) is 9.59 Å². The molecule has 0 saturated carbocycles. The lowest BCUT2D eigenvalue weighted by atomic mass is 10.0. The number of carbonyl (C=O) groups excluding carboxylic acids is 2. The summed E-state index contributed by atoms with van der Waals surface area (Å²) in [4.78, 5) is 23.7. The standard InChI is InChI=1S/C15H17BrO3/c1-3-4-5-14(17)13(15(18)19-2)10-11-6-8-12(16)9-7-11/h6-10H,3-5H2,1-2H3/b13-10+. The molecule has 0 saturated heterocycles. The van der Waals surface area contributed by atoms with Gasteiger partial charge in [0, 0.05) is 10.9 Å². The average Bonchev–Trinajstić information content (AvgIpc) is 2.43. The van der Waals surface area contributed by atoms with E-state index in [1.807, 2.05) is 31.2 Å². The zero-order chi connectivity index (χ0) is 14.3. The van der Waals surface area contributed by atoms with Gasteiger partial charge in [0.2, 0.25) is 0 Å². The van der Waals surface area contributed by atoms with Crippen LogP contribution in [0.15, 0.2) is 34.3 Å². The number of hydrogen-bond donors (Lipinski definition) is 0. The number of benzene rings is 1. The Balaban J connectivity index is 2.99. The third kappa shape index (κ3) is 4.99. The number of carbonyl (C=O) groups is 2. The number of Topliss-reactive ketones (excluding diaryl/α,β-unsaturated/α-hetero) is 1. The van der Waals surface area contributed by atoms with E-state index in [2.05, 4.69) is 20.7 Å². The van der Waals surface area contributed by atoms with Crippen molar-refractivity contribution in [2.45, 2.75) is 26.2 Å². The van der Waals surface area contributed by atoms with Crippen LogP contribution >= 0.6 is 15.9 Å². The summed E-state index contributed by atoms with van der Waals surface area (Å²) < 4.78 is 5.62. The van der Waals surface area contributed by atoms with Crippen molar-refractivity contribution in [2.75, 3.05) is 7.11 Å². The molecule has 0 aliphatic heterocycles. The third-order valence-electron chi connectivity index (χ3n) is 2.64. The van der Waals surface area contributed by atoms with Crippen molar-refractivity contribution in [3.05, 3.63) is 39.9 Å². The first-order valence-electron chi connectivity index (χ1n) is 6.17. The van der Waals surface area contributed by atoms with E-state index in [0.717, 1.165) is 22.9 Å². The second-order valence-electron chi connectivity index (χ2n) is 4.13. The van der Waals surface area contributed by atoms with Gasteiger partial charge in [0.05, 0.1) is 7.11 Å². The van der Waals surface area contributed by atoms with E-state index in [1.54, 1.807) is 6.08 Å². The van der Waals surface area contributed by atoms with Gasteiger partial charge in [-0.05, 0) is 30.2 Å². The fourth-order valence-corrected chi connectivity index (χ4v) is 1.83. The molecule has 0 amide bonds. The Morgan fingerprint density at radius 2 is 1.89 bits per heavy atom. The number of esters is 1. The lowest BCUT2D eigenvalue weighted by Crippen LogP contribution is -2.14. The zero-order valence-corrected chi connectivity index (χ0v) is 12.7. The molecular weight excluding hydrogens is 308 g/mol. The summed E-state index contributed by atoms with van der Waals surface area (Å²) in [6, 6.07) is 7.38. The Bertz CT molecular complexity index is 475. The summed E-state index contributed by atoms with van der Waals surface area (Å²) >= 11 is 3.34. The molecule has 0 heterocycles. The van der Waals surface area contributed by atoms with Gasteiger partial charge in [0.15, 0.2) is 5.78 Å². The molecule has 0 spiro atoms. The van der Waals surface area contributed by atoms with Crippen molar-refractivity contribution in [2.24, 2.45) is 0 Å². The van der Waals surface area contributed by atoms with Crippen LogP contribution in [0.25, 0.3) is 6.08 Å². The molecule has 0 aromatic heterocycles. The van der Waals surface area contributed by atoms with Gasteiger partial charge in [-0.1, -0.05) is 41.4 Å². The van der Waals surface area contributed by atoms with Crippen molar-refractivity contribution >= 4 is 33.8 Å². The number of hydrogen-bond acceptors (Lipinski definition) is 3. The highest BCUT2D eigenvalue weighted by Crippen LogP contribution is 2.15. The first-order chi connectivity index (χ1) is 9.08. The highest BCUT2D eigenvalue weighted by atomic mass is 79.9. The molecule has 102 valence electrons. The van der Waals surface area contributed by atoms with Gasteiger partial charge in [0.25, 0.3) is 0 Å². The molecule has 19 heavy (non-hydrogen) atoms. The zero-order valence-electron chi connectivity index (χ0n) is 11.1.